The van der Waals surface area contributed by atoms with Gasteiger partial charge in [-0.25, -0.2) is 0 Å². The molecule has 0 aliphatic heterocycles. The monoisotopic (exact) mass is 556 g/mol. The van der Waals surface area contributed by atoms with E-state index in [1.165, 1.54) is 0 Å². The van der Waals surface area contributed by atoms with Crippen LogP contribution in [-0.4, -0.2) is 12.2 Å². The molecule has 31 heavy (non-hydrogen) atoms. The van der Waals surface area contributed by atoms with Gasteiger partial charge in [-0.1, -0.05) is 13.8 Å². The molecular weight excluding hydrogens is 535 g/mol. The molecule has 0 fully saturated rings. The number of diazo groups is 2. The van der Waals surface area contributed by atoms with Crippen LogP contribution < -0.4 is 9.47 Å². The van der Waals surface area contributed by atoms with Gasteiger partial charge in [-0.2, -0.15) is 0 Å². The van der Waals surface area contributed by atoms with Crippen molar-refractivity contribution in [2.24, 2.45) is 0 Å². The zero-order valence-corrected chi connectivity index (χ0v) is 23.8. The van der Waals surface area contributed by atoms with Crippen LogP contribution in [-0.2, 0) is 10.8 Å². The van der Waals surface area contributed by atoms with Crippen molar-refractivity contribution in [3.63, 3.8) is 0 Å². The zero-order valence-electron chi connectivity index (χ0n) is 17.9. The van der Waals surface area contributed by atoms with Gasteiger partial charge >= 0.3 is 61.0 Å². The number of benzene rings is 2. The summed E-state index contributed by atoms with van der Waals surface area (Å²) < 4.78 is 11.7. The van der Waals surface area contributed by atoms with E-state index < -0.39 is 10.8 Å². The van der Waals surface area contributed by atoms with Crippen LogP contribution in [0.3, 0.4) is 0 Å². The van der Waals surface area contributed by atoms with Gasteiger partial charge in [0.2, 0.25) is 22.3 Å². The SMILES string of the molecule is CCC(C)Oc1cc(-c2ccc([N+]#N)c(OC(C)CC)c2)ccc1[N+]#N.[Cl][Zn-2]([Cl])([Cl])[Cl]. The first-order valence-electron chi connectivity index (χ1n) is 9.91. The van der Waals surface area contributed by atoms with E-state index in [-0.39, 0.29) is 12.2 Å². The summed E-state index contributed by atoms with van der Waals surface area (Å²) in [6.45, 7) is 7.98. The molecule has 0 spiro atoms. The molecule has 0 bridgehead atoms. The third-order valence-electron chi connectivity index (χ3n) is 4.27. The van der Waals surface area contributed by atoms with Gasteiger partial charge in [0.05, 0.1) is 12.2 Å². The molecule has 0 aliphatic rings. The first kappa shape index (κ1) is 27.7. The van der Waals surface area contributed by atoms with Crippen LogP contribution >= 0.6 is 38.8 Å². The average Bonchev–Trinajstić information content (AvgIpc) is 2.72. The van der Waals surface area contributed by atoms with E-state index in [1.54, 1.807) is 12.1 Å². The second-order valence-electron chi connectivity index (χ2n) is 6.84. The van der Waals surface area contributed by atoms with Gasteiger partial charge in [-0.3, -0.25) is 0 Å². The van der Waals surface area contributed by atoms with Crippen molar-refractivity contribution < 1.29 is 20.3 Å². The Bertz CT molecular complexity index is 880. The van der Waals surface area contributed by atoms with Crippen molar-refractivity contribution in [1.29, 1.82) is 10.8 Å². The Morgan fingerprint density at radius 1 is 0.774 bits per heavy atom. The Hall–Kier alpha value is -1.34. The molecule has 2 rings (SSSR count). The molecule has 2 aromatic rings. The molecule has 0 aliphatic carbocycles. The topological polar surface area (TPSA) is 74.8 Å². The fourth-order valence-electron chi connectivity index (χ4n) is 2.34. The van der Waals surface area contributed by atoms with E-state index in [2.05, 4.69) is 9.95 Å². The van der Waals surface area contributed by atoms with E-state index in [9.17, 15) is 10.8 Å². The van der Waals surface area contributed by atoms with E-state index in [1.807, 2.05) is 52.0 Å². The number of hydrogen-bond acceptors (Lipinski definition) is 4. The van der Waals surface area contributed by atoms with Crippen LogP contribution in [0, 0.1) is 10.8 Å². The first-order valence-corrected chi connectivity index (χ1v) is 25.5. The summed E-state index contributed by atoms with van der Waals surface area (Å²) in [5, 5.41) is 18.4. The van der Waals surface area contributed by atoms with E-state index in [4.69, 9.17) is 48.2 Å². The standard InChI is InChI=1S/C20H24N4O2.4ClH.Zn/c1-5-13(3)25-19-11-15(7-9-17(19)23-21)16-8-10-18(24-22)20(12-16)26-14(4)6-2;;;;;/h7-14H,5-6H2,1-4H3;4*1H;/q+2;;;;;+2/p-4. The molecule has 0 radical (unpaired) electrons. The quantitative estimate of drug-likeness (QED) is 0.250. The predicted molar refractivity (Wildman–Crippen MR) is 126 cm³/mol. The summed E-state index contributed by atoms with van der Waals surface area (Å²) in [6.07, 6.45) is 1.69. The molecule has 11 heteroatoms. The summed E-state index contributed by atoms with van der Waals surface area (Å²) in [5.74, 6) is 1.03. The van der Waals surface area contributed by atoms with Crippen LogP contribution in [0.25, 0.3) is 21.1 Å². The number of halogens is 4. The minimum atomic E-state index is -3.36. The van der Waals surface area contributed by atoms with Crippen LogP contribution in [0.1, 0.15) is 40.5 Å². The summed E-state index contributed by atoms with van der Waals surface area (Å²) in [4.78, 5) is 6.58. The van der Waals surface area contributed by atoms with Crippen LogP contribution in [0.5, 0.6) is 11.5 Å². The average molecular weight is 560 g/mol. The van der Waals surface area contributed by atoms with Crippen molar-refractivity contribution in [3.05, 3.63) is 46.4 Å². The van der Waals surface area contributed by atoms with E-state index >= 15 is 0 Å². The van der Waals surface area contributed by atoms with Crippen molar-refractivity contribution in [1.82, 2.24) is 0 Å². The molecule has 166 valence electrons. The molecule has 2 atom stereocenters. The van der Waals surface area contributed by atoms with E-state index in [0.717, 1.165) is 24.0 Å². The zero-order chi connectivity index (χ0) is 23.6. The third-order valence-corrected chi connectivity index (χ3v) is 4.27. The molecule has 0 saturated heterocycles. The van der Waals surface area contributed by atoms with Crippen molar-refractivity contribution in [2.75, 3.05) is 0 Å². The summed E-state index contributed by atoms with van der Waals surface area (Å²) in [5.41, 5.74) is 2.53. The second kappa shape index (κ2) is 13.3. The Morgan fingerprint density at radius 2 is 1.10 bits per heavy atom. The van der Waals surface area contributed by atoms with Gasteiger partial charge in [0, 0.05) is 12.1 Å². The predicted octanol–water partition coefficient (Wildman–Crippen LogP) is 9.43. The van der Waals surface area contributed by atoms with Crippen molar-refractivity contribution in [2.45, 2.75) is 52.7 Å². The molecule has 2 unspecified atom stereocenters. The molecule has 0 heterocycles. The van der Waals surface area contributed by atoms with E-state index in [0.29, 0.717) is 22.9 Å². The molecule has 0 amide bonds. The first-order chi connectivity index (χ1) is 14.5. The molecule has 2 aromatic carbocycles. The molecule has 0 N–H and O–H groups in total. The van der Waals surface area contributed by atoms with Crippen molar-refractivity contribution >= 4 is 50.1 Å². The summed E-state index contributed by atoms with van der Waals surface area (Å²) >= 11 is 0. The summed E-state index contributed by atoms with van der Waals surface area (Å²) in [6, 6.07) is 10.8. The van der Waals surface area contributed by atoms with Crippen LogP contribution in [0.4, 0.5) is 11.4 Å². The Kier molecular flexibility index (Phi) is 11.9. The normalized spacial score (nSPS) is 12.5. The van der Waals surface area contributed by atoms with Gasteiger partial charge in [0.25, 0.3) is 0 Å². The molecule has 6 nitrogen and oxygen atoms in total. The number of ether oxygens (including phenoxy) is 2. The maximum absolute atomic E-state index is 9.19. The van der Waals surface area contributed by atoms with Crippen molar-refractivity contribution in [3.8, 4) is 22.6 Å². The fourth-order valence-corrected chi connectivity index (χ4v) is 2.34. The van der Waals surface area contributed by atoms with Crippen LogP contribution in [0.15, 0.2) is 36.4 Å². The van der Waals surface area contributed by atoms with Gasteiger partial charge in [0.1, 0.15) is 0 Å². The molecule has 0 saturated carbocycles. The van der Waals surface area contributed by atoms with Gasteiger partial charge in [-0.15, -0.1) is 0 Å². The second-order valence-corrected chi connectivity index (χ2v) is 34.6. The molecule has 0 aromatic heterocycles. The minimum absolute atomic E-state index is 0.00520. The number of nitrogens with zero attached hydrogens (tertiary/aromatic N) is 4. The molecular formula is C20H24Cl4N4O2Zn. The Labute approximate surface area is 202 Å². The van der Waals surface area contributed by atoms with Crippen LogP contribution in [0.2, 0.25) is 0 Å². The fraction of sp³-hybridized carbons (Fsp3) is 0.400. The third kappa shape index (κ3) is 10.2. The Morgan fingerprint density at radius 3 is 1.35 bits per heavy atom. The maximum atomic E-state index is 9.19. The van der Waals surface area contributed by atoms with Gasteiger partial charge < -0.3 is 9.47 Å². The summed E-state index contributed by atoms with van der Waals surface area (Å²) in [7, 11) is 16.8. The van der Waals surface area contributed by atoms with Gasteiger partial charge in [-0.05, 0) is 62.1 Å². The number of rotatable bonds is 7. The van der Waals surface area contributed by atoms with Gasteiger partial charge in [0.15, 0.2) is 9.95 Å². The number of hydrogen-bond donors (Lipinski definition) is 0. The Balaban J connectivity index is 0.000000861.